The highest BCUT2D eigenvalue weighted by Gasteiger charge is 2.22. The average molecular weight is 275 g/mol. The molecule has 0 unspecified atom stereocenters. The van der Waals surface area contributed by atoms with Gasteiger partial charge in [-0.25, -0.2) is 0 Å². The van der Waals surface area contributed by atoms with Crippen LogP contribution in [0.3, 0.4) is 0 Å². The Morgan fingerprint density at radius 1 is 0.905 bits per heavy atom. The van der Waals surface area contributed by atoms with Gasteiger partial charge in [-0.15, -0.1) is 6.42 Å². The van der Waals surface area contributed by atoms with Crippen molar-refractivity contribution in [1.29, 1.82) is 0 Å². The summed E-state index contributed by atoms with van der Waals surface area (Å²) in [6, 6.07) is 19.6. The van der Waals surface area contributed by atoms with E-state index in [0.29, 0.717) is 6.04 Å². The summed E-state index contributed by atoms with van der Waals surface area (Å²) in [6.07, 6.45) is 10.4. The van der Waals surface area contributed by atoms with Crippen molar-refractivity contribution < 1.29 is 0 Å². The van der Waals surface area contributed by atoms with Gasteiger partial charge in [-0.2, -0.15) is 0 Å². The molecule has 0 spiro atoms. The SMILES string of the molecule is C#Cc1cccc(NC2CCC(c3ccccc3)CC2)c1. The van der Waals surface area contributed by atoms with Crippen molar-refractivity contribution in [2.45, 2.75) is 37.6 Å². The maximum Gasteiger partial charge on any atom is 0.0354 e. The standard InChI is InChI=1S/C20H21N/c1-2-16-7-6-10-20(15-16)21-19-13-11-18(12-14-19)17-8-4-3-5-9-17/h1,3-10,15,18-19,21H,11-14H2. The van der Waals surface area contributed by atoms with Crippen LogP contribution in [0.25, 0.3) is 0 Å². The van der Waals surface area contributed by atoms with Crippen LogP contribution < -0.4 is 5.32 Å². The smallest absolute Gasteiger partial charge is 0.0354 e. The fourth-order valence-corrected chi connectivity index (χ4v) is 3.23. The molecule has 2 aromatic rings. The second-order valence-corrected chi connectivity index (χ2v) is 5.83. The number of terminal acetylenes is 1. The van der Waals surface area contributed by atoms with Crippen LogP contribution in [0.5, 0.6) is 0 Å². The first-order chi connectivity index (χ1) is 10.3. The maximum absolute atomic E-state index is 5.46. The fourth-order valence-electron chi connectivity index (χ4n) is 3.23. The number of nitrogens with one attached hydrogen (secondary N) is 1. The Morgan fingerprint density at radius 2 is 1.67 bits per heavy atom. The van der Waals surface area contributed by atoms with Gasteiger partial charge in [0, 0.05) is 17.3 Å². The van der Waals surface area contributed by atoms with E-state index in [9.17, 15) is 0 Å². The molecule has 0 saturated heterocycles. The predicted octanol–water partition coefficient (Wildman–Crippen LogP) is 4.81. The van der Waals surface area contributed by atoms with Gasteiger partial charge in [0.15, 0.2) is 0 Å². The molecule has 1 nitrogen and oxygen atoms in total. The molecule has 0 amide bonds. The molecule has 1 saturated carbocycles. The van der Waals surface area contributed by atoms with Crippen molar-refractivity contribution in [1.82, 2.24) is 0 Å². The number of anilines is 1. The van der Waals surface area contributed by atoms with Crippen molar-refractivity contribution in [2.24, 2.45) is 0 Å². The van der Waals surface area contributed by atoms with Crippen molar-refractivity contribution in [2.75, 3.05) is 5.32 Å². The van der Waals surface area contributed by atoms with E-state index in [2.05, 4.69) is 53.7 Å². The normalized spacial score (nSPS) is 21.5. The number of hydrogen-bond acceptors (Lipinski definition) is 1. The Bertz CT molecular complexity index is 616. The number of hydrogen-bond donors (Lipinski definition) is 1. The molecule has 0 atom stereocenters. The predicted molar refractivity (Wildman–Crippen MR) is 89.4 cm³/mol. The molecular weight excluding hydrogens is 254 g/mol. The Kier molecular flexibility index (Phi) is 4.26. The van der Waals surface area contributed by atoms with E-state index >= 15 is 0 Å². The molecule has 21 heavy (non-hydrogen) atoms. The van der Waals surface area contributed by atoms with Gasteiger partial charge in [-0.3, -0.25) is 0 Å². The highest BCUT2D eigenvalue weighted by molar-refractivity contribution is 5.50. The van der Waals surface area contributed by atoms with E-state index in [0.717, 1.165) is 17.2 Å². The summed E-state index contributed by atoms with van der Waals surface area (Å²) < 4.78 is 0. The third kappa shape index (κ3) is 3.47. The number of rotatable bonds is 3. The molecule has 1 aliphatic carbocycles. The minimum absolute atomic E-state index is 0.568. The first kappa shape index (κ1) is 13.8. The van der Waals surface area contributed by atoms with Crippen LogP contribution in [0, 0.1) is 12.3 Å². The summed E-state index contributed by atoms with van der Waals surface area (Å²) in [7, 11) is 0. The molecule has 0 aliphatic heterocycles. The molecule has 1 fully saturated rings. The monoisotopic (exact) mass is 275 g/mol. The second-order valence-electron chi connectivity index (χ2n) is 5.83. The number of benzene rings is 2. The molecule has 106 valence electrons. The summed E-state index contributed by atoms with van der Waals surface area (Å²) in [5.41, 5.74) is 3.58. The topological polar surface area (TPSA) is 12.0 Å². The van der Waals surface area contributed by atoms with E-state index in [1.807, 2.05) is 12.1 Å². The third-order valence-electron chi connectivity index (χ3n) is 4.40. The van der Waals surface area contributed by atoms with Gasteiger partial charge >= 0.3 is 0 Å². The Balaban J connectivity index is 1.57. The molecule has 0 radical (unpaired) electrons. The largest absolute Gasteiger partial charge is 0.382 e. The molecule has 0 bridgehead atoms. The third-order valence-corrected chi connectivity index (χ3v) is 4.40. The van der Waals surface area contributed by atoms with Crippen molar-refractivity contribution in [3.05, 3.63) is 65.7 Å². The summed E-state index contributed by atoms with van der Waals surface area (Å²) in [5, 5.41) is 3.63. The van der Waals surface area contributed by atoms with E-state index in [1.54, 1.807) is 0 Å². The lowest BCUT2D eigenvalue weighted by Crippen LogP contribution is -2.25. The summed E-state index contributed by atoms with van der Waals surface area (Å²) in [4.78, 5) is 0. The first-order valence-electron chi connectivity index (χ1n) is 7.73. The second kappa shape index (κ2) is 6.50. The minimum Gasteiger partial charge on any atom is -0.382 e. The summed E-state index contributed by atoms with van der Waals surface area (Å²) >= 11 is 0. The van der Waals surface area contributed by atoms with Gasteiger partial charge in [0.2, 0.25) is 0 Å². The van der Waals surface area contributed by atoms with Gasteiger partial charge < -0.3 is 5.32 Å². The van der Waals surface area contributed by atoms with E-state index in [-0.39, 0.29) is 0 Å². The molecule has 1 heteroatoms. The minimum atomic E-state index is 0.568. The van der Waals surface area contributed by atoms with Crippen LogP contribution in [0.4, 0.5) is 5.69 Å². The van der Waals surface area contributed by atoms with Gasteiger partial charge in [0.1, 0.15) is 0 Å². The van der Waals surface area contributed by atoms with Crippen LogP contribution in [-0.2, 0) is 0 Å². The van der Waals surface area contributed by atoms with Gasteiger partial charge in [-0.05, 0) is 55.4 Å². The molecule has 1 N–H and O–H groups in total. The van der Waals surface area contributed by atoms with Gasteiger partial charge in [0.05, 0.1) is 0 Å². The molecule has 1 aliphatic rings. The summed E-state index contributed by atoms with van der Waals surface area (Å²) in [5.74, 6) is 3.42. The van der Waals surface area contributed by atoms with Crippen LogP contribution in [0.2, 0.25) is 0 Å². The molecular formula is C20H21N. The van der Waals surface area contributed by atoms with Crippen LogP contribution in [-0.4, -0.2) is 6.04 Å². The lowest BCUT2D eigenvalue weighted by Gasteiger charge is -2.30. The zero-order valence-corrected chi connectivity index (χ0v) is 12.3. The fraction of sp³-hybridized carbons (Fsp3) is 0.300. The highest BCUT2D eigenvalue weighted by Crippen LogP contribution is 2.33. The zero-order chi connectivity index (χ0) is 14.5. The lowest BCUT2D eigenvalue weighted by atomic mass is 9.82. The van der Waals surface area contributed by atoms with Crippen LogP contribution in [0.1, 0.15) is 42.7 Å². The van der Waals surface area contributed by atoms with Crippen LogP contribution >= 0.6 is 0 Å². The summed E-state index contributed by atoms with van der Waals surface area (Å²) in [6.45, 7) is 0. The highest BCUT2D eigenvalue weighted by atomic mass is 14.9. The first-order valence-corrected chi connectivity index (χ1v) is 7.73. The quantitative estimate of drug-likeness (QED) is 0.793. The Morgan fingerprint density at radius 3 is 2.38 bits per heavy atom. The van der Waals surface area contributed by atoms with E-state index < -0.39 is 0 Å². The van der Waals surface area contributed by atoms with E-state index in [4.69, 9.17) is 6.42 Å². The average Bonchev–Trinajstić information content (AvgIpc) is 2.56. The molecule has 2 aromatic carbocycles. The van der Waals surface area contributed by atoms with Crippen molar-refractivity contribution in [3.8, 4) is 12.3 Å². The Hall–Kier alpha value is -2.20. The van der Waals surface area contributed by atoms with E-state index in [1.165, 1.54) is 31.2 Å². The van der Waals surface area contributed by atoms with Crippen molar-refractivity contribution >= 4 is 5.69 Å². The molecule has 0 heterocycles. The van der Waals surface area contributed by atoms with Gasteiger partial charge in [-0.1, -0.05) is 42.3 Å². The van der Waals surface area contributed by atoms with Gasteiger partial charge in [0.25, 0.3) is 0 Å². The molecule has 3 rings (SSSR count). The Labute approximate surface area is 127 Å². The zero-order valence-electron chi connectivity index (χ0n) is 12.3. The maximum atomic E-state index is 5.46. The van der Waals surface area contributed by atoms with Crippen LogP contribution in [0.15, 0.2) is 54.6 Å². The molecule has 0 aromatic heterocycles. The van der Waals surface area contributed by atoms with Crippen molar-refractivity contribution in [3.63, 3.8) is 0 Å². The lowest BCUT2D eigenvalue weighted by molar-refractivity contribution is 0.412.